The fourth-order valence-electron chi connectivity index (χ4n) is 2.97. The van der Waals surface area contributed by atoms with Crippen molar-refractivity contribution >= 4 is 12.0 Å². The van der Waals surface area contributed by atoms with Gasteiger partial charge in [0, 0.05) is 39.3 Å². The standard InChI is InChI=1S/C15H25N3O3/c19-14(20)11-18(10-13-3-4-13)15(21)17-7-5-16(6-8-17)9-12-1-2-12/h12-13H,1-11H2,(H,19,20). The lowest BCUT2D eigenvalue weighted by molar-refractivity contribution is -0.137. The minimum Gasteiger partial charge on any atom is -0.480 e. The number of nitrogens with zero attached hydrogens (tertiary/aromatic N) is 3. The second-order valence-corrected chi connectivity index (χ2v) is 6.73. The van der Waals surface area contributed by atoms with E-state index in [4.69, 9.17) is 5.11 Å². The predicted octanol–water partition coefficient (Wildman–Crippen LogP) is 0.931. The maximum atomic E-state index is 12.5. The van der Waals surface area contributed by atoms with E-state index in [2.05, 4.69) is 4.90 Å². The summed E-state index contributed by atoms with van der Waals surface area (Å²) in [5, 5.41) is 8.99. The molecular weight excluding hydrogens is 270 g/mol. The third-order valence-electron chi connectivity index (χ3n) is 4.63. The van der Waals surface area contributed by atoms with Gasteiger partial charge in [-0.1, -0.05) is 0 Å². The first kappa shape index (κ1) is 14.6. The first-order valence-corrected chi connectivity index (χ1v) is 8.10. The average Bonchev–Trinajstić information content (AvgIpc) is 3.33. The highest BCUT2D eigenvalue weighted by molar-refractivity contribution is 5.80. The van der Waals surface area contributed by atoms with Crippen molar-refractivity contribution < 1.29 is 14.7 Å². The fourth-order valence-corrected chi connectivity index (χ4v) is 2.97. The Hall–Kier alpha value is -1.30. The van der Waals surface area contributed by atoms with Crippen LogP contribution >= 0.6 is 0 Å². The number of hydrogen-bond acceptors (Lipinski definition) is 3. The molecule has 0 aromatic carbocycles. The van der Waals surface area contributed by atoms with Gasteiger partial charge in [0.1, 0.15) is 6.54 Å². The molecule has 2 amide bonds. The summed E-state index contributed by atoms with van der Waals surface area (Å²) >= 11 is 0. The van der Waals surface area contributed by atoms with Crippen molar-refractivity contribution in [3.8, 4) is 0 Å². The molecule has 1 N–H and O–H groups in total. The Balaban J connectivity index is 1.48. The van der Waals surface area contributed by atoms with Gasteiger partial charge in [0.25, 0.3) is 0 Å². The Bertz CT molecular complexity index is 399. The van der Waals surface area contributed by atoms with E-state index in [0.29, 0.717) is 12.5 Å². The van der Waals surface area contributed by atoms with Crippen LogP contribution < -0.4 is 0 Å². The molecule has 0 aromatic rings. The zero-order chi connectivity index (χ0) is 14.8. The van der Waals surface area contributed by atoms with Crippen LogP contribution in [0.2, 0.25) is 0 Å². The highest BCUT2D eigenvalue weighted by atomic mass is 16.4. The lowest BCUT2D eigenvalue weighted by Gasteiger charge is -2.37. The SMILES string of the molecule is O=C(O)CN(CC1CC1)C(=O)N1CCN(CC2CC2)CC1. The lowest BCUT2D eigenvalue weighted by Crippen LogP contribution is -2.54. The Kier molecular flexibility index (Phi) is 4.33. The molecule has 2 saturated carbocycles. The van der Waals surface area contributed by atoms with E-state index in [1.54, 1.807) is 0 Å². The zero-order valence-corrected chi connectivity index (χ0v) is 12.5. The van der Waals surface area contributed by atoms with Crippen LogP contribution in [0.25, 0.3) is 0 Å². The molecule has 21 heavy (non-hydrogen) atoms. The molecular formula is C15H25N3O3. The third-order valence-corrected chi connectivity index (χ3v) is 4.63. The van der Waals surface area contributed by atoms with Crippen LogP contribution in [-0.4, -0.2) is 77.6 Å². The first-order valence-electron chi connectivity index (χ1n) is 8.10. The molecule has 1 aliphatic heterocycles. The van der Waals surface area contributed by atoms with E-state index in [1.165, 1.54) is 24.3 Å². The number of hydrogen-bond donors (Lipinski definition) is 1. The van der Waals surface area contributed by atoms with Crippen LogP contribution in [0, 0.1) is 11.8 Å². The second-order valence-electron chi connectivity index (χ2n) is 6.73. The molecule has 3 aliphatic rings. The summed E-state index contributed by atoms with van der Waals surface area (Å²) in [6, 6.07) is -0.0876. The van der Waals surface area contributed by atoms with Gasteiger partial charge in [-0.25, -0.2) is 4.79 Å². The molecule has 0 radical (unpaired) electrons. The summed E-state index contributed by atoms with van der Waals surface area (Å²) in [7, 11) is 0. The van der Waals surface area contributed by atoms with Gasteiger partial charge in [-0.2, -0.15) is 0 Å². The molecule has 0 unspecified atom stereocenters. The Labute approximate surface area is 125 Å². The molecule has 3 rings (SSSR count). The molecule has 0 atom stereocenters. The number of carboxylic acid groups (broad SMARTS) is 1. The van der Waals surface area contributed by atoms with E-state index in [9.17, 15) is 9.59 Å². The van der Waals surface area contributed by atoms with Gasteiger partial charge in [0.05, 0.1) is 0 Å². The van der Waals surface area contributed by atoms with Gasteiger partial charge >= 0.3 is 12.0 Å². The van der Waals surface area contributed by atoms with E-state index >= 15 is 0 Å². The summed E-state index contributed by atoms with van der Waals surface area (Å²) < 4.78 is 0. The number of piperazine rings is 1. The van der Waals surface area contributed by atoms with E-state index in [1.807, 2.05) is 4.90 Å². The van der Waals surface area contributed by atoms with E-state index < -0.39 is 5.97 Å². The number of aliphatic carboxylic acids is 1. The molecule has 3 fully saturated rings. The molecule has 6 heteroatoms. The number of carboxylic acids is 1. The van der Waals surface area contributed by atoms with Crippen molar-refractivity contribution in [1.82, 2.24) is 14.7 Å². The topological polar surface area (TPSA) is 64.1 Å². The third kappa shape index (κ3) is 4.33. The molecule has 1 heterocycles. The largest absolute Gasteiger partial charge is 0.480 e. The van der Waals surface area contributed by atoms with Crippen molar-refractivity contribution in [3.63, 3.8) is 0 Å². The van der Waals surface area contributed by atoms with Crippen LogP contribution in [0.3, 0.4) is 0 Å². The molecule has 118 valence electrons. The second kappa shape index (κ2) is 6.22. The maximum absolute atomic E-state index is 12.5. The number of amides is 2. The van der Waals surface area contributed by atoms with Gasteiger partial charge < -0.3 is 14.9 Å². The highest BCUT2D eigenvalue weighted by Gasteiger charge is 2.32. The zero-order valence-electron chi connectivity index (χ0n) is 12.5. The fraction of sp³-hybridized carbons (Fsp3) is 0.867. The van der Waals surface area contributed by atoms with Crippen LogP contribution in [0.1, 0.15) is 25.7 Å². The van der Waals surface area contributed by atoms with Crippen molar-refractivity contribution in [3.05, 3.63) is 0 Å². The predicted molar refractivity (Wildman–Crippen MR) is 78.1 cm³/mol. The molecule has 2 aliphatic carbocycles. The average molecular weight is 295 g/mol. The van der Waals surface area contributed by atoms with Gasteiger partial charge in [0.2, 0.25) is 0 Å². The van der Waals surface area contributed by atoms with E-state index in [-0.39, 0.29) is 12.6 Å². The van der Waals surface area contributed by atoms with Crippen LogP contribution in [0.5, 0.6) is 0 Å². The van der Waals surface area contributed by atoms with Crippen LogP contribution in [-0.2, 0) is 4.79 Å². The molecule has 0 spiro atoms. The normalized spacial score (nSPS) is 23.1. The van der Waals surface area contributed by atoms with Gasteiger partial charge in [-0.05, 0) is 37.5 Å². The summed E-state index contributed by atoms with van der Waals surface area (Å²) in [6.45, 7) is 4.91. The number of rotatable bonds is 6. The van der Waals surface area contributed by atoms with Crippen molar-refractivity contribution in [2.75, 3.05) is 45.8 Å². The number of carbonyl (C=O) groups is 2. The summed E-state index contributed by atoms with van der Waals surface area (Å²) in [5.74, 6) is 0.478. The highest BCUT2D eigenvalue weighted by Crippen LogP contribution is 2.31. The Morgan fingerprint density at radius 2 is 1.62 bits per heavy atom. The minimum atomic E-state index is -0.920. The van der Waals surface area contributed by atoms with Crippen LogP contribution in [0.4, 0.5) is 4.79 Å². The minimum absolute atomic E-state index is 0.0876. The molecule has 0 bridgehead atoms. The molecule has 6 nitrogen and oxygen atoms in total. The number of urea groups is 1. The molecule has 1 saturated heterocycles. The summed E-state index contributed by atoms with van der Waals surface area (Å²) in [5.41, 5.74) is 0. The lowest BCUT2D eigenvalue weighted by atomic mass is 10.3. The smallest absolute Gasteiger partial charge is 0.323 e. The van der Waals surface area contributed by atoms with Gasteiger partial charge in [-0.15, -0.1) is 0 Å². The van der Waals surface area contributed by atoms with Gasteiger partial charge in [0.15, 0.2) is 0 Å². The van der Waals surface area contributed by atoms with Crippen molar-refractivity contribution in [2.24, 2.45) is 11.8 Å². The van der Waals surface area contributed by atoms with Crippen LogP contribution in [0.15, 0.2) is 0 Å². The monoisotopic (exact) mass is 295 g/mol. The van der Waals surface area contributed by atoms with Crippen molar-refractivity contribution in [1.29, 1.82) is 0 Å². The van der Waals surface area contributed by atoms with Crippen molar-refractivity contribution in [2.45, 2.75) is 25.7 Å². The quantitative estimate of drug-likeness (QED) is 0.792. The summed E-state index contributed by atoms with van der Waals surface area (Å²) in [4.78, 5) is 29.3. The number of carbonyl (C=O) groups excluding carboxylic acids is 1. The summed E-state index contributed by atoms with van der Waals surface area (Å²) in [6.07, 6.45) is 4.96. The maximum Gasteiger partial charge on any atom is 0.323 e. The molecule has 0 aromatic heterocycles. The first-order chi connectivity index (χ1) is 10.1. The Morgan fingerprint density at radius 1 is 1.00 bits per heavy atom. The van der Waals surface area contributed by atoms with E-state index in [0.717, 1.165) is 44.9 Å². The van der Waals surface area contributed by atoms with Gasteiger partial charge in [-0.3, -0.25) is 9.69 Å². The Morgan fingerprint density at radius 3 is 2.14 bits per heavy atom.